The van der Waals surface area contributed by atoms with E-state index in [2.05, 4.69) is 15.5 Å². The topological polar surface area (TPSA) is 82.2 Å². The first-order valence-corrected chi connectivity index (χ1v) is 9.15. The summed E-state index contributed by atoms with van der Waals surface area (Å²) in [5.41, 5.74) is 3.78. The lowest BCUT2D eigenvalue weighted by Crippen LogP contribution is -2.13. The number of carbonyl (C=O) groups excluding carboxylic acids is 1. The number of rotatable bonds is 6. The number of amides is 1. The van der Waals surface area contributed by atoms with Crippen molar-refractivity contribution in [2.45, 2.75) is 20.5 Å². The first-order chi connectivity index (χ1) is 14.1. The third kappa shape index (κ3) is 4.03. The first-order valence-electron chi connectivity index (χ1n) is 9.15. The Labute approximate surface area is 167 Å². The molecule has 2 aromatic heterocycles. The van der Waals surface area contributed by atoms with Crippen LogP contribution in [-0.4, -0.2) is 20.6 Å². The second-order valence-corrected chi connectivity index (χ2v) is 6.56. The average molecular weight is 388 g/mol. The molecule has 0 saturated carbocycles. The van der Waals surface area contributed by atoms with Gasteiger partial charge in [0.25, 0.3) is 5.91 Å². The van der Waals surface area contributed by atoms with E-state index in [9.17, 15) is 4.79 Å². The smallest absolute Gasteiger partial charge is 0.259 e. The quantitative estimate of drug-likeness (QED) is 0.532. The van der Waals surface area contributed by atoms with Crippen molar-refractivity contribution in [2.24, 2.45) is 0 Å². The fourth-order valence-corrected chi connectivity index (χ4v) is 2.97. The summed E-state index contributed by atoms with van der Waals surface area (Å²) in [6.45, 7) is 3.98. The van der Waals surface area contributed by atoms with Crippen molar-refractivity contribution in [3.8, 4) is 11.4 Å². The summed E-state index contributed by atoms with van der Waals surface area (Å²) in [6, 6.07) is 14.7. The molecule has 0 aliphatic heterocycles. The van der Waals surface area contributed by atoms with Gasteiger partial charge >= 0.3 is 0 Å². The summed E-state index contributed by atoms with van der Waals surface area (Å²) in [4.78, 5) is 16.8. The molecule has 4 rings (SSSR count). The SMILES string of the molecule is Cc1noc(C)c1COc1ccccc1C(=O)Nc1ccc(-n2ccnc2)cc1. The predicted octanol–water partition coefficient (Wildman–Crippen LogP) is 4.31. The molecule has 2 heterocycles. The second-order valence-electron chi connectivity index (χ2n) is 6.56. The molecule has 0 radical (unpaired) electrons. The number of nitrogens with one attached hydrogen (secondary N) is 1. The summed E-state index contributed by atoms with van der Waals surface area (Å²) >= 11 is 0. The highest BCUT2D eigenvalue weighted by Crippen LogP contribution is 2.23. The maximum atomic E-state index is 12.8. The summed E-state index contributed by atoms with van der Waals surface area (Å²) in [5, 5.41) is 6.84. The van der Waals surface area contributed by atoms with Gasteiger partial charge in [-0.15, -0.1) is 0 Å². The van der Waals surface area contributed by atoms with Crippen LogP contribution in [0.15, 0.2) is 71.8 Å². The van der Waals surface area contributed by atoms with Gasteiger partial charge in [0.1, 0.15) is 18.1 Å². The van der Waals surface area contributed by atoms with E-state index in [0.717, 1.165) is 16.9 Å². The van der Waals surface area contributed by atoms with Gasteiger partial charge in [0.2, 0.25) is 0 Å². The van der Waals surface area contributed by atoms with Gasteiger partial charge in [-0.2, -0.15) is 0 Å². The average Bonchev–Trinajstić information content (AvgIpc) is 3.38. The Morgan fingerprint density at radius 1 is 1.14 bits per heavy atom. The van der Waals surface area contributed by atoms with Gasteiger partial charge in [0.05, 0.1) is 23.1 Å². The van der Waals surface area contributed by atoms with Crippen LogP contribution in [0.3, 0.4) is 0 Å². The molecule has 0 saturated heterocycles. The van der Waals surface area contributed by atoms with E-state index in [1.807, 2.05) is 54.9 Å². The number of ether oxygens (including phenoxy) is 1. The number of aromatic nitrogens is 3. The van der Waals surface area contributed by atoms with E-state index < -0.39 is 0 Å². The van der Waals surface area contributed by atoms with Crippen molar-refractivity contribution in [2.75, 3.05) is 5.32 Å². The number of hydrogen-bond donors (Lipinski definition) is 1. The van der Waals surface area contributed by atoms with Crippen molar-refractivity contribution < 1.29 is 14.1 Å². The molecule has 4 aromatic rings. The van der Waals surface area contributed by atoms with Crippen LogP contribution < -0.4 is 10.1 Å². The molecule has 146 valence electrons. The van der Waals surface area contributed by atoms with E-state index in [-0.39, 0.29) is 12.5 Å². The van der Waals surface area contributed by atoms with E-state index in [4.69, 9.17) is 9.26 Å². The Morgan fingerprint density at radius 3 is 2.62 bits per heavy atom. The maximum absolute atomic E-state index is 12.8. The van der Waals surface area contributed by atoms with Crippen LogP contribution in [0, 0.1) is 13.8 Å². The first kappa shape index (κ1) is 18.5. The molecule has 0 aliphatic rings. The molecular weight excluding hydrogens is 368 g/mol. The Balaban J connectivity index is 1.47. The van der Waals surface area contributed by atoms with E-state index in [1.165, 1.54) is 0 Å². The Bertz CT molecular complexity index is 1100. The molecule has 0 atom stereocenters. The van der Waals surface area contributed by atoms with Crippen molar-refractivity contribution >= 4 is 11.6 Å². The van der Waals surface area contributed by atoms with Crippen molar-refractivity contribution in [3.63, 3.8) is 0 Å². The third-order valence-electron chi connectivity index (χ3n) is 4.61. The standard InChI is InChI=1S/C22H20N4O3/c1-15-20(16(2)29-25-15)13-28-21-6-4-3-5-19(21)22(27)24-17-7-9-18(10-8-17)26-12-11-23-14-26/h3-12,14H,13H2,1-2H3,(H,24,27). The normalized spacial score (nSPS) is 10.7. The molecule has 2 aromatic carbocycles. The highest BCUT2D eigenvalue weighted by molar-refractivity contribution is 6.06. The molecule has 0 unspecified atom stereocenters. The highest BCUT2D eigenvalue weighted by atomic mass is 16.5. The molecule has 29 heavy (non-hydrogen) atoms. The molecule has 0 fully saturated rings. The number of aryl methyl sites for hydroxylation is 2. The fourth-order valence-electron chi connectivity index (χ4n) is 2.97. The van der Waals surface area contributed by atoms with Crippen LogP contribution in [0.5, 0.6) is 5.75 Å². The Hall–Kier alpha value is -3.87. The number of carbonyl (C=O) groups is 1. The predicted molar refractivity (Wildman–Crippen MR) is 108 cm³/mol. The van der Waals surface area contributed by atoms with Crippen LogP contribution in [-0.2, 0) is 6.61 Å². The molecule has 0 bridgehead atoms. The van der Waals surface area contributed by atoms with Crippen LogP contribution in [0.4, 0.5) is 5.69 Å². The lowest BCUT2D eigenvalue weighted by atomic mass is 10.1. The summed E-state index contributed by atoms with van der Waals surface area (Å²) in [5.74, 6) is 0.970. The minimum absolute atomic E-state index is 0.241. The van der Waals surface area contributed by atoms with Gasteiger partial charge in [-0.1, -0.05) is 17.3 Å². The van der Waals surface area contributed by atoms with Gasteiger partial charge in [-0.25, -0.2) is 4.98 Å². The Kier molecular flexibility index (Phi) is 5.11. The lowest BCUT2D eigenvalue weighted by molar-refractivity contribution is 0.102. The zero-order valence-corrected chi connectivity index (χ0v) is 16.1. The zero-order valence-electron chi connectivity index (χ0n) is 16.1. The molecule has 7 heteroatoms. The molecule has 1 N–H and O–H groups in total. The van der Waals surface area contributed by atoms with Gasteiger partial charge < -0.3 is 19.1 Å². The molecule has 7 nitrogen and oxygen atoms in total. The minimum atomic E-state index is -0.241. The van der Waals surface area contributed by atoms with Crippen LogP contribution in [0.2, 0.25) is 0 Å². The van der Waals surface area contributed by atoms with E-state index in [0.29, 0.717) is 22.8 Å². The summed E-state index contributed by atoms with van der Waals surface area (Å²) < 4.78 is 13.0. The van der Waals surface area contributed by atoms with Crippen LogP contribution in [0.25, 0.3) is 5.69 Å². The monoisotopic (exact) mass is 388 g/mol. The van der Waals surface area contributed by atoms with Crippen molar-refractivity contribution in [1.82, 2.24) is 14.7 Å². The summed E-state index contributed by atoms with van der Waals surface area (Å²) in [7, 11) is 0. The fraction of sp³-hybridized carbons (Fsp3) is 0.136. The van der Waals surface area contributed by atoms with Crippen molar-refractivity contribution in [3.05, 3.63) is 89.8 Å². The number of nitrogens with zero attached hydrogens (tertiary/aromatic N) is 3. The Morgan fingerprint density at radius 2 is 1.93 bits per heavy atom. The number of benzene rings is 2. The molecule has 0 spiro atoms. The largest absolute Gasteiger partial charge is 0.488 e. The van der Waals surface area contributed by atoms with E-state index in [1.54, 1.807) is 30.7 Å². The number of anilines is 1. The molecule has 0 aliphatic carbocycles. The van der Waals surface area contributed by atoms with Gasteiger partial charge in [-0.3, -0.25) is 4.79 Å². The van der Waals surface area contributed by atoms with Crippen LogP contribution in [0.1, 0.15) is 27.4 Å². The zero-order chi connectivity index (χ0) is 20.2. The highest BCUT2D eigenvalue weighted by Gasteiger charge is 2.15. The van der Waals surface area contributed by atoms with E-state index >= 15 is 0 Å². The number of hydrogen-bond acceptors (Lipinski definition) is 5. The number of para-hydroxylation sites is 1. The maximum Gasteiger partial charge on any atom is 0.259 e. The third-order valence-corrected chi connectivity index (χ3v) is 4.61. The van der Waals surface area contributed by atoms with Gasteiger partial charge in [-0.05, 0) is 50.2 Å². The van der Waals surface area contributed by atoms with Gasteiger partial charge in [0, 0.05) is 23.8 Å². The van der Waals surface area contributed by atoms with Crippen LogP contribution >= 0.6 is 0 Å². The molecule has 1 amide bonds. The van der Waals surface area contributed by atoms with Crippen molar-refractivity contribution in [1.29, 1.82) is 0 Å². The number of imidazole rings is 1. The van der Waals surface area contributed by atoms with Gasteiger partial charge in [0.15, 0.2) is 0 Å². The molecular formula is C22H20N4O3. The summed E-state index contributed by atoms with van der Waals surface area (Å²) in [6.07, 6.45) is 5.30. The minimum Gasteiger partial charge on any atom is -0.488 e. The lowest BCUT2D eigenvalue weighted by Gasteiger charge is -2.12. The second kappa shape index (κ2) is 8.02.